The second-order valence-electron chi connectivity index (χ2n) is 11.5. The van der Waals surface area contributed by atoms with Crippen LogP contribution in [0.4, 0.5) is 18.3 Å². The predicted molar refractivity (Wildman–Crippen MR) is 162 cm³/mol. The molecule has 3 aliphatic rings. The number of amides is 1. The highest BCUT2D eigenvalue weighted by molar-refractivity contribution is 7.22. The number of halogens is 4. The minimum Gasteiger partial charge on any atom is -0.472 e. The molecule has 230 valence electrons. The fourth-order valence-corrected chi connectivity index (χ4v) is 7.76. The Morgan fingerprint density at radius 3 is 2.89 bits per heavy atom. The van der Waals surface area contributed by atoms with Crippen molar-refractivity contribution in [2.45, 2.75) is 43.5 Å². The topological polar surface area (TPSA) is 107 Å². The zero-order chi connectivity index (χ0) is 30.7. The number of likely N-dealkylation sites (tertiary alicyclic amines) is 1. The summed E-state index contributed by atoms with van der Waals surface area (Å²) in [7, 11) is 0. The third-order valence-corrected chi connectivity index (χ3v) is 9.94. The highest BCUT2D eigenvalue weighted by Gasteiger charge is 2.49. The average Bonchev–Trinajstić information content (AvgIpc) is 3.77. The molecule has 0 bridgehead atoms. The molecule has 7 rings (SSSR count). The summed E-state index contributed by atoms with van der Waals surface area (Å²) in [5.74, 6) is -1.52. The number of anilines is 1. The number of alkyl halides is 1. The number of fused-ring (bicyclic) bond motifs is 3. The van der Waals surface area contributed by atoms with Crippen molar-refractivity contribution in [1.29, 1.82) is 0 Å². The molecule has 2 aromatic carbocycles. The van der Waals surface area contributed by atoms with Gasteiger partial charge in [-0.1, -0.05) is 29.5 Å². The third-order valence-electron chi connectivity index (χ3n) is 8.75. The van der Waals surface area contributed by atoms with Crippen LogP contribution < -0.4 is 15.2 Å². The number of carbonyl (C=O) groups is 1. The number of carbonyl (C=O) groups excluding carboxylic acids is 1. The van der Waals surface area contributed by atoms with Crippen LogP contribution in [0.15, 0.2) is 30.9 Å². The Kier molecular flexibility index (Phi) is 7.29. The van der Waals surface area contributed by atoms with Crippen molar-refractivity contribution in [2.24, 2.45) is 0 Å². The van der Waals surface area contributed by atoms with E-state index in [-0.39, 0.29) is 73.3 Å². The number of nitrogens with two attached hydrogens (primary N) is 1. The van der Waals surface area contributed by atoms with Crippen molar-refractivity contribution in [1.82, 2.24) is 24.8 Å². The Labute approximate surface area is 259 Å². The molecule has 1 amide bonds. The lowest BCUT2D eigenvalue weighted by atomic mass is 9.95. The summed E-state index contributed by atoms with van der Waals surface area (Å²) in [5.41, 5.74) is 5.64. The molecule has 0 aliphatic carbocycles. The third kappa shape index (κ3) is 4.90. The molecule has 9 nitrogen and oxygen atoms in total. The maximum atomic E-state index is 16.6. The number of nitrogen functional groups attached to an aromatic ring is 1. The van der Waals surface area contributed by atoms with Gasteiger partial charge >= 0.3 is 6.01 Å². The summed E-state index contributed by atoms with van der Waals surface area (Å²) in [6.45, 7) is 5.54. The lowest BCUT2D eigenvalue weighted by molar-refractivity contribution is -0.125. The van der Waals surface area contributed by atoms with E-state index in [2.05, 4.69) is 26.4 Å². The van der Waals surface area contributed by atoms with E-state index in [1.807, 2.05) is 0 Å². The SMILES string of the molecule is C=CC(=O)N1CC[C@@H](Oc2nc(OC[C@@]34CCCN3C[C@H](F)C4)nc3c(F)c(-c4ccc(F)c5sc(N)nc45)c(Cl)cc23)C1. The summed E-state index contributed by atoms with van der Waals surface area (Å²) in [4.78, 5) is 29.0. The van der Waals surface area contributed by atoms with Gasteiger partial charge < -0.3 is 20.1 Å². The minimum absolute atomic E-state index is 0.00640. The van der Waals surface area contributed by atoms with Crippen LogP contribution in [0.3, 0.4) is 0 Å². The second-order valence-corrected chi connectivity index (χ2v) is 12.9. The van der Waals surface area contributed by atoms with Crippen molar-refractivity contribution >= 4 is 55.1 Å². The zero-order valence-electron chi connectivity index (χ0n) is 23.5. The summed E-state index contributed by atoms with van der Waals surface area (Å²) in [6.07, 6.45) is 2.40. The van der Waals surface area contributed by atoms with Crippen LogP contribution in [0.5, 0.6) is 11.9 Å². The molecule has 2 aromatic heterocycles. The summed E-state index contributed by atoms with van der Waals surface area (Å²) in [6, 6.07) is 3.96. The number of ether oxygens (including phenoxy) is 2. The quantitative estimate of drug-likeness (QED) is 0.262. The lowest BCUT2D eigenvalue weighted by Gasteiger charge is -2.30. The van der Waals surface area contributed by atoms with Gasteiger partial charge in [-0.25, -0.2) is 18.2 Å². The predicted octanol–water partition coefficient (Wildman–Crippen LogP) is 5.54. The number of benzene rings is 2. The van der Waals surface area contributed by atoms with Gasteiger partial charge in [-0.05, 0) is 43.7 Å². The van der Waals surface area contributed by atoms with E-state index >= 15 is 4.39 Å². The zero-order valence-corrected chi connectivity index (χ0v) is 25.1. The van der Waals surface area contributed by atoms with Crippen LogP contribution in [-0.2, 0) is 4.79 Å². The highest BCUT2D eigenvalue weighted by Crippen LogP contribution is 2.44. The molecular weight excluding hydrogens is 617 g/mol. The molecule has 5 heterocycles. The normalized spacial score (nSPS) is 23.5. The molecular formula is C30H28ClF3N6O3S. The Morgan fingerprint density at radius 1 is 1.23 bits per heavy atom. The summed E-state index contributed by atoms with van der Waals surface area (Å²) in [5, 5.41) is 0.325. The number of nitrogens with zero attached hydrogens (tertiary/aromatic N) is 5. The molecule has 4 aromatic rings. The van der Waals surface area contributed by atoms with Gasteiger partial charge in [-0.15, -0.1) is 0 Å². The second kappa shape index (κ2) is 11.0. The van der Waals surface area contributed by atoms with Gasteiger partial charge in [0, 0.05) is 37.1 Å². The maximum absolute atomic E-state index is 16.6. The van der Waals surface area contributed by atoms with Crippen molar-refractivity contribution in [3.63, 3.8) is 0 Å². The first kappa shape index (κ1) is 29.1. The van der Waals surface area contributed by atoms with E-state index in [1.165, 1.54) is 24.3 Å². The van der Waals surface area contributed by atoms with Crippen LogP contribution in [0.2, 0.25) is 5.02 Å². The molecule has 3 fully saturated rings. The smallest absolute Gasteiger partial charge is 0.320 e. The van der Waals surface area contributed by atoms with Gasteiger partial charge in [0.25, 0.3) is 0 Å². The van der Waals surface area contributed by atoms with Gasteiger partial charge in [0.05, 0.1) is 32.7 Å². The monoisotopic (exact) mass is 644 g/mol. The number of hydrogen-bond acceptors (Lipinski definition) is 9. The summed E-state index contributed by atoms with van der Waals surface area (Å²) < 4.78 is 58.0. The molecule has 2 N–H and O–H groups in total. The van der Waals surface area contributed by atoms with Crippen molar-refractivity contribution in [2.75, 3.05) is 38.5 Å². The van der Waals surface area contributed by atoms with E-state index in [1.54, 1.807) is 4.90 Å². The lowest BCUT2D eigenvalue weighted by Crippen LogP contribution is -2.43. The minimum atomic E-state index is -0.951. The Hall–Kier alpha value is -3.68. The molecule has 3 aliphatic heterocycles. The molecule has 14 heteroatoms. The standard InChI is InChI=1S/C30H28ClF3N6O3S/c1-2-21(41)39-9-6-16(13-39)43-27-18-10-19(31)22(17-4-5-20(33)26-25(17)36-28(35)44-26)23(34)24(18)37-29(38-27)42-14-30-7-3-8-40(30)12-15(32)11-30/h2,4-5,10,15-16H,1,3,6-9,11-14H2,(H2,35,36)/t15-,16-,30+/m1/s1. The van der Waals surface area contributed by atoms with Crippen molar-refractivity contribution in [3.05, 3.63) is 47.5 Å². The number of rotatable bonds is 7. The van der Waals surface area contributed by atoms with E-state index in [0.29, 0.717) is 25.9 Å². The van der Waals surface area contributed by atoms with Crippen molar-refractivity contribution < 1.29 is 27.4 Å². The first-order valence-corrected chi connectivity index (χ1v) is 15.5. The van der Waals surface area contributed by atoms with E-state index in [9.17, 15) is 13.6 Å². The number of aromatic nitrogens is 3. The van der Waals surface area contributed by atoms with E-state index < -0.39 is 29.4 Å². The molecule has 3 saturated heterocycles. The Morgan fingerprint density at radius 2 is 2.07 bits per heavy atom. The van der Waals surface area contributed by atoms with Crippen LogP contribution in [0.25, 0.3) is 32.2 Å². The Bertz CT molecular complexity index is 1820. The highest BCUT2D eigenvalue weighted by atomic mass is 35.5. The molecule has 44 heavy (non-hydrogen) atoms. The van der Waals surface area contributed by atoms with Gasteiger partial charge in [-0.3, -0.25) is 9.69 Å². The first-order chi connectivity index (χ1) is 21.2. The largest absolute Gasteiger partial charge is 0.472 e. The van der Waals surface area contributed by atoms with E-state index in [4.69, 9.17) is 26.8 Å². The van der Waals surface area contributed by atoms with Crippen LogP contribution >= 0.6 is 22.9 Å². The Balaban J connectivity index is 1.32. The summed E-state index contributed by atoms with van der Waals surface area (Å²) >= 11 is 7.64. The molecule has 0 radical (unpaired) electrons. The van der Waals surface area contributed by atoms with Crippen LogP contribution in [0.1, 0.15) is 25.7 Å². The van der Waals surface area contributed by atoms with Gasteiger partial charge in [0.15, 0.2) is 10.9 Å². The van der Waals surface area contributed by atoms with E-state index in [0.717, 1.165) is 30.7 Å². The first-order valence-electron chi connectivity index (χ1n) is 14.3. The molecule has 0 unspecified atom stereocenters. The van der Waals surface area contributed by atoms with Gasteiger partial charge in [-0.2, -0.15) is 9.97 Å². The molecule has 0 spiro atoms. The maximum Gasteiger partial charge on any atom is 0.320 e. The van der Waals surface area contributed by atoms with Crippen LogP contribution in [-0.4, -0.2) is 81.3 Å². The molecule has 0 saturated carbocycles. The molecule has 3 atom stereocenters. The average molecular weight is 645 g/mol. The van der Waals surface area contributed by atoms with Gasteiger partial charge in [0.1, 0.15) is 30.2 Å². The van der Waals surface area contributed by atoms with Gasteiger partial charge in [0.2, 0.25) is 11.8 Å². The van der Waals surface area contributed by atoms with Crippen LogP contribution in [0, 0.1) is 11.6 Å². The number of hydrogen-bond donors (Lipinski definition) is 1. The van der Waals surface area contributed by atoms with Crippen molar-refractivity contribution in [3.8, 4) is 23.0 Å². The fourth-order valence-electron chi connectivity index (χ4n) is 6.70. The number of thiazole rings is 1. The fraction of sp³-hybridized carbons (Fsp3) is 0.400.